The van der Waals surface area contributed by atoms with Crippen LogP contribution in [0.3, 0.4) is 0 Å². The highest BCUT2D eigenvalue weighted by Crippen LogP contribution is 2.33. The average molecular weight is 461 g/mol. The third-order valence-corrected chi connectivity index (χ3v) is 18.7. The number of fused-ring (bicyclic) bond motifs is 2. The SMILES string of the molecule is CN(C)c1cccc2cccc([Si](F)(c3cccc4cccc(N(C)C)c34)[Si](C)(C)C)c12. The van der Waals surface area contributed by atoms with Gasteiger partial charge in [-0.15, -0.1) is 0 Å². The van der Waals surface area contributed by atoms with Crippen molar-refractivity contribution < 1.29 is 4.11 Å². The molecule has 4 rings (SSSR count). The summed E-state index contributed by atoms with van der Waals surface area (Å²) in [6.45, 7) is 6.61. The Morgan fingerprint density at radius 2 is 0.906 bits per heavy atom. The molecule has 0 saturated heterocycles. The van der Waals surface area contributed by atoms with Crippen molar-refractivity contribution in [3.63, 3.8) is 0 Å². The molecule has 0 amide bonds. The highest BCUT2D eigenvalue weighted by Gasteiger charge is 2.53. The topological polar surface area (TPSA) is 6.48 Å². The van der Waals surface area contributed by atoms with Crippen LogP contribution in [-0.2, 0) is 0 Å². The molecule has 0 spiro atoms. The van der Waals surface area contributed by atoms with Crippen molar-refractivity contribution in [3.05, 3.63) is 72.8 Å². The van der Waals surface area contributed by atoms with Crippen LogP contribution >= 0.6 is 0 Å². The lowest BCUT2D eigenvalue weighted by molar-refractivity contribution is 0.848. The fourth-order valence-corrected chi connectivity index (χ4v) is 14.8. The van der Waals surface area contributed by atoms with Crippen LogP contribution in [0.5, 0.6) is 0 Å². The second-order valence-electron chi connectivity index (χ2n) is 10.1. The van der Waals surface area contributed by atoms with Crippen molar-refractivity contribution in [2.24, 2.45) is 0 Å². The number of hydrogen-bond acceptors (Lipinski definition) is 2. The van der Waals surface area contributed by atoms with Gasteiger partial charge in [-0.2, -0.15) is 0 Å². The summed E-state index contributed by atoms with van der Waals surface area (Å²) in [4.78, 5) is 4.22. The van der Waals surface area contributed by atoms with E-state index in [4.69, 9.17) is 0 Å². The zero-order valence-corrected chi connectivity index (χ0v) is 22.2. The van der Waals surface area contributed by atoms with E-state index < -0.39 is 15.5 Å². The van der Waals surface area contributed by atoms with E-state index in [0.717, 1.165) is 43.3 Å². The molecule has 0 N–H and O–H groups in total. The van der Waals surface area contributed by atoms with E-state index in [1.165, 1.54) is 0 Å². The minimum atomic E-state index is -3.60. The monoisotopic (exact) mass is 460 g/mol. The molecule has 0 aliphatic carbocycles. The van der Waals surface area contributed by atoms with Gasteiger partial charge in [0.1, 0.15) is 0 Å². The third-order valence-electron chi connectivity index (χ3n) is 6.50. The molecule has 32 heavy (non-hydrogen) atoms. The van der Waals surface area contributed by atoms with E-state index in [1.807, 2.05) is 40.3 Å². The smallest absolute Gasteiger partial charge is 0.293 e. The van der Waals surface area contributed by atoms with Crippen LogP contribution < -0.4 is 20.2 Å². The molecule has 166 valence electrons. The minimum absolute atomic E-state index is 0.916. The van der Waals surface area contributed by atoms with E-state index in [1.54, 1.807) is 0 Å². The van der Waals surface area contributed by atoms with E-state index in [9.17, 15) is 0 Å². The Morgan fingerprint density at radius 3 is 1.22 bits per heavy atom. The second-order valence-corrected chi connectivity index (χ2v) is 23.5. The predicted octanol–water partition coefficient (Wildman–Crippen LogP) is 5.57. The van der Waals surface area contributed by atoms with Crippen molar-refractivity contribution in [2.45, 2.75) is 19.6 Å². The first-order valence-corrected chi connectivity index (χ1v) is 17.5. The van der Waals surface area contributed by atoms with Crippen molar-refractivity contribution in [1.29, 1.82) is 0 Å². The molecule has 0 bridgehead atoms. The van der Waals surface area contributed by atoms with Gasteiger partial charge in [-0.25, -0.2) is 0 Å². The Labute approximate surface area is 193 Å². The summed E-state index contributed by atoms with van der Waals surface area (Å²) in [5.74, 6) is 0. The lowest BCUT2D eigenvalue weighted by Crippen LogP contribution is -2.70. The Bertz CT molecular complexity index is 1190. The van der Waals surface area contributed by atoms with Crippen LogP contribution in [0.2, 0.25) is 19.6 Å². The van der Waals surface area contributed by atoms with Gasteiger partial charge in [0.2, 0.25) is 0 Å². The zero-order chi connectivity index (χ0) is 23.3. The summed E-state index contributed by atoms with van der Waals surface area (Å²) < 4.78 is 18.3. The van der Waals surface area contributed by atoms with Gasteiger partial charge in [0, 0.05) is 50.3 Å². The summed E-state index contributed by atoms with van der Waals surface area (Å²) in [6, 6.07) is 25.0. The number of halogens is 1. The summed E-state index contributed by atoms with van der Waals surface area (Å²) in [5.41, 5.74) is 2.16. The van der Waals surface area contributed by atoms with E-state index in [2.05, 4.69) is 90.1 Å². The van der Waals surface area contributed by atoms with Crippen molar-refractivity contribution in [1.82, 2.24) is 0 Å². The largest absolute Gasteiger partial charge is 0.377 e. The minimum Gasteiger partial charge on any atom is -0.377 e. The lowest BCUT2D eigenvalue weighted by atomic mass is 10.1. The molecule has 0 radical (unpaired) electrons. The van der Waals surface area contributed by atoms with Gasteiger partial charge in [0.15, 0.2) is 0 Å². The first kappa shape index (κ1) is 22.6. The van der Waals surface area contributed by atoms with Crippen molar-refractivity contribution in [2.75, 3.05) is 38.0 Å². The number of benzene rings is 4. The molecule has 0 aliphatic rings. The molecule has 0 saturated carbocycles. The number of hydrogen-bond donors (Lipinski definition) is 0. The fraction of sp³-hybridized carbons (Fsp3) is 0.259. The van der Waals surface area contributed by atoms with Gasteiger partial charge in [-0.1, -0.05) is 80.3 Å². The van der Waals surface area contributed by atoms with Crippen LogP contribution in [0.1, 0.15) is 0 Å². The molecule has 0 atom stereocenters. The molecule has 2 nitrogen and oxygen atoms in total. The molecule has 4 aromatic rings. The van der Waals surface area contributed by atoms with Crippen LogP contribution in [0.4, 0.5) is 15.5 Å². The average Bonchev–Trinajstić information content (AvgIpc) is 2.75. The summed E-state index contributed by atoms with van der Waals surface area (Å²) in [7, 11) is 2.27. The van der Waals surface area contributed by atoms with Gasteiger partial charge < -0.3 is 13.9 Å². The fourth-order valence-electron chi connectivity index (χ4n) is 4.91. The summed E-state index contributed by atoms with van der Waals surface area (Å²) in [6.07, 6.45) is 0. The number of anilines is 2. The Kier molecular flexibility index (Phi) is 5.67. The normalized spacial score (nSPS) is 12.4. The van der Waals surface area contributed by atoms with Gasteiger partial charge in [0.05, 0.1) is 7.59 Å². The first-order chi connectivity index (χ1) is 15.1. The van der Waals surface area contributed by atoms with Crippen molar-refractivity contribution >= 4 is 58.8 Å². The molecule has 0 aromatic heterocycles. The van der Waals surface area contributed by atoms with Crippen LogP contribution in [0.15, 0.2) is 72.8 Å². The maximum Gasteiger partial charge on any atom is 0.293 e. The van der Waals surface area contributed by atoms with Crippen LogP contribution in [0.25, 0.3) is 21.5 Å². The van der Waals surface area contributed by atoms with E-state index >= 15 is 4.11 Å². The highest BCUT2D eigenvalue weighted by molar-refractivity contribution is 7.48. The van der Waals surface area contributed by atoms with Crippen LogP contribution in [0, 0.1) is 0 Å². The molecular weight excluding hydrogens is 427 g/mol. The number of nitrogens with zero attached hydrogens (tertiary/aromatic N) is 2. The van der Waals surface area contributed by atoms with Gasteiger partial charge in [0.25, 0.3) is 7.93 Å². The molecule has 0 heterocycles. The highest BCUT2D eigenvalue weighted by atomic mass is 29.3. The van der Waals surface area contributed by atoms with Crippen LogP contribution in [-0.4, -0.2) is 43.7 Å². The predicted molar refractivity (Wildman–Crippen MR) is 146 cm³/mol. The third kappa shape index (κ3) is 3.44. The first-order valence-electron chi connectivity index (χ1n) is 11.2. The maximum absolute atomic E-state index is 18.3. The van der Waals surface area contributed by atoms with E-state index in [-0.39, 0.29) is 0 Å². The molecule has 0 fully saturated rings. The summed E-state index contributed by atoms with van der Waals surface area (Å²) >= 11 is 0. The van der Waals surface area contributed by atoms with Crippen molar-refractivity contribution in [3.8, 4) is 0 Å². The second kappa shape index (κ2) is 8.05. The maximum atomic E-state index is 18.3. The summed E-state index contributed by atoms with van der Waals surface area (Å²) in [5, 5.41) is 6.18. The van der Waals surface area contributed by atoms with E-state index in [0.29, 0.717) is 0 Å². The Balaban J connectivity index is 2.20. The molecule has 0 aliphatic heterocycles. The molecule has 5 heteroatoms. The van der Waals surface area contributed by atoms with Gasteiger partial charge in [-0.3, -0.25) is 0 Å². The standard InChI is InChI=1S/C27H33FN2Si2/c1-29(2)22-16-8-12-20-14-10-18-24(26(20)22)32(28,31(5,6)7)25-19-11-15-21-13-9-17-23(27(21)25)30(3)4/h8-19H,1-7H3. The van der Waals surface area contributed by atoms with Gasteiger partial charge in [-0.05, 0) is 33.3 Å². The lowest BCUT2D eigenvalue weighted by Gasteiger charge is -2.37. The Hall–Kier alpha value is -2.64. The number of rotatable bonds is 5. The quantitative estimate of drug-likeness (QED) is 0.284. The molecular formula is C27H33FN2Si2. The molecule has 0 unspecified atom stereocenters. The van der Waals surface area contributed by atoms with Gasteiger partial charge >= 0.3 is 0 Å². The Morgan fingerprint density at radius 1 is 0.562 bits per heavy atom. The zero-order valence-electron chi connectivity index (χ0n) is 20.2. The molecule has 4 aromatic carbocycles.